The molecule has 0 fully saturated rings. The Morgan fingerprint density at radius 1 is 1.53 bits per heavy atom. The minimum absolute atomic E-state index is 0.153. The zero-order valence-corrected chi connectivity index (χ0v) is 9.51. The molecule has 0 atom stereocenters. The SMILES string of the molecule is CC(C)NCc1ccc(Cl)c(C(=O)O)c1. The molecule has 0 aliphatic heterocycles. The normalized spacial score (nSPS) is 10.7. The van der Waals surface area contributed by atoms with E-state index in [-0.39, 0.29) is 10.6 Å². The van der Waals surface area contributed by atoms with Gasteiger partial charge in [0.25, 0.3) is 0 Å². The third-order valence-corrected chi connectivity index (χ3v) is 2.31. The molecule has 0 amide bonds. The van der Waals surface area contributed by atoms with Crippen LogP contribution in [0.25, 0.3) is 0 Å². The van der Waals surface area contributed by atoms with Gasteiger partial charge in [-0.25, -0.2) is 4.79 Å². The first-order chi connectivity index (χ1) is 7.00. The van der Waals surface area contributed by atoms with Gasteiger partial charge >= 0.3 is 5.97 Å². The van der Waals surface area contributed by atoms with Crippen molar-refractivity contribution in [3.63, 3.8) is 0 Å². The number of rotatable bonds is 4. The topological polar surface area (TPSA) is 49.3 Å². The summed E-state index contributed by atoms with van der Waals surface area (Å²) in [5.74, 6) is -0.994. The van der Waals surface area contributed by atoms with Crippen LogP contribution in [0.1, 0.15) is 29.8 Å². The maximum absolute atomic E-state index is 10.8. The standard InChI is InChI=1S/C11H14ClNO2/c1-7(2)13-6-8-3-4-10(12)9(5-8)11(14)15/h3-5,7,13H,6H2,1-2H3,(H,14,15). The lowest BCUT2D eigenvalue weighted by molar-refractivity contribution is 0.0697. The van der Waals surface area contributed by atoms with Crippen LogP contribution in [-0.2, 0) is 6.54 Å². The summed E-state index contributed by atoms with van der Waals surface area (Å²) in [6.45, 7) is 4.72. The highest BCUT2D eigenvalue weighted by atomic mass is 35.5. The molecule has 0 aromatic heterocycles. The number of carboxylic acids is 1. The fraction of sp³-hybridized carbons (Fsp3) is 0.364. The zero-order valence-electron chi connectivity index (χ0n) is 8.75. The van der Waals surface area contributed by atoms with Crippen molar-refractivity contribution in [1.29, 1.82) is 0 Å². The second kappa shape index (κ2) is 5.14. The molecule has 1 rings (SSSR count). The minimum Gasteiger partial charge on any atom is -0.478 e. The van der Waals surface area contributed by atoms with Crippen molar-refractivity contribution >= 4 is 17.6 Å². The molecule has 1 aromatic rings. The molecule has 0 aliphatic rings. The van der Waals surface area contributed by atoms with Gasteiger partial charge in [-0.3, -0.25) is 0 Å². The molecular weight excluding hydrogens is 214 g/mol. The Morgan fingerprint density at radius 3 is 2.73 bits per heavy atom. The van der Waals surface area contributed by atoms with Gasteiger partial charge in [0.15, 0.2) is 0 Å². The van der Waals surface area contributed by atoms with Crippen LogP contribution in [-0.4, -0.2) is 17.1 Å². The third-order valence-electron chi connectivity index (χ3n) is 1.98. The summed E-state index contributed by atoms with van der Waals surface area (Å²) < 4.78 is 0. The van der Waals surface area contributed by atoms with Crippen molar-refractivity contribution in [1.82, 2.24) is 5.32 Å². The number of carbonyl (C=O) groups is 1. The zero-order chi connectivity index (χ0) is 11.4. The van der Waals surface area contributed by atoms with E-state index in [0.29, 0.717) is 12.6 Å². The molecule has 1 aromatic carbocycles. The van der Waals surface area contributed by atoms with E-state index in [0.717, 1.165) is 5.56 Å². The second-order valence-electron chi connectivity index (χ2n) is 3.65. The van der Waals surface area contributed by atoms with Crippen LogP contribution in [0.2, 0.25) is 5.02 Å². The molecule has 0 unspecified atom stereocenters. The van der Waals surface area contributed by atoms with Crippen molar-refractivity contribution in [2.24, 2.45) is 0 Å². The van der Waals surface area contributed by atoms with Gasteiger partial charge in [0, 0.05) is 12.6 Å². The maximum Gasteiger partial charge on any atom is 0.337 e. The van der Waals surface area contributed by atoms with Crippen molar-refractivity contribution in [3.05, 3.63) is 34.3 Å². The molecule has 82 valence electrons. The summed E-state index contributed by atoms with van der Waals surface area (Å²) in [6.07, 6.45) is 0. The highest BCUT2D eigenvalue weighted by Gasteiger charge is 2.09. The first-order valence-corrected chi connectivity index (χ1v) is 5.13. The van der Waals surface area contributed by atoms with E-state index >= 15 is 0 Å². The lowest BCUT2D eigenvalue weighted by Crippen LogP contribution is -2.21. The Kier molecular flexibility index (Phi) is 4.12. The lowest BCUT2D eigenvalue weighted by atomic mass is 10.1. The number of carboxylic acid groups (broad SMARTS) is 1. The predicted octanol–water partition coefficient (Wildman–Crippen LogP) is 2.54. The van der Waals surface area contributed by atoms with Gasteiger partial charge in [-0.05, 0) is 17.7 Å². The number of halogens is 1. The van der Waals surface area contributed by atoms with E-state index in [1.165, 1.54) is 0 Å². The van der Waals surface area contributed by atoms with Crippen LogP contribution >= 0.6 is 11.6 Å². The highest BCUT2D eigenvalue weighted by molar-refractivity contribution is 6.33. The summed E-state index contributed by atoms with van der Waals surface area (Å²) in [5.41, 5.74) is 1.07. The Bertz CT molecular complexity index is 364. The van der Waals surface area contributed by atoms with Crippen molar-refractivity contribution < 1.29 is 9.90 Å². The molecule has 0 heterocycles. The van der Waals surface area contributed by atoms with E-state index in [9.17, 15) is 4.79 Å². The molecule has 0 aliphatic carbocycles. The average Bonchev–Trinajstić information content (AvgIpc) is 2.16. The Labute approximate surface area is 94.1 Å². The second-order valence-corrected chi connectivity index (χ2v) is 4.06. The first kappa shape index (κ1) is 12.0. The Morgan fingerprint density at radius 2 is 2.20 bits per heavy atom. The van der Waals surface area contributed by atoms with Crippen LogP contribution in [0.5, 0.6) is 0 Å². The van der Waals surface area contributed by atoms with Crippen LogP contribution in [0.4, 0.5) is 0 Å². The third kappa shape index (κ3) is 3.53. The fourth-order valence-corrected chi connectivity index (χ4v) is 1.37. The van der Waals surface area contributed by atoms with Crippen LogP contribution < -0.4 is 5.32 Å². The Balaban J connectivity index is 2.83. The minimum atomic E-state index is -0.994. The predicted molar refractivity (Wildman–Crippen MR) is 60.4 cm³/mol. The van der Waals surface area contributed by atoms with Crippen molar-refractivity contribution in [2.45, 2.75) is 26.4 Å². The summed E-state index contributed by atoms with van der Waals surface area (Å²) >= 11 is 5.75. The van der Waals surface area contributed by atoms with Gasteiger partial charge in [-0.15, -0.1) is 0 Å². The van der Waals surface area contributed by atoms with Gasteiger partial charge in [-0.1, -0.05) is 31.5 Å². The van der Waals surface area contributed by atoms with E-state index in [1.807, 2.05) is 19.9 Å². The number of hydrogen-bond donors (Lipinski definition) is 2. The highest BCUT2D eigenvalue weighted by Crippen LogP contribution is 2.17. The van der Waals surface area contributed by atoms with E-state index in [2.05, 4.69) is 5.32 Å². The first-order valence-electron chi connectivity index (χ1n) is 4.76. The number of aromatic carboxylic acids is 1. The molecule has 0 radical (unpaired) electrons. The van der Waals surface area contributed by atoms with Crippen LogP contribution in [0.15, 0.2) is 18.2 Å². The average molecular weight is 228 g/mol. The maximum atomic E-state index is 10.8. The monoisotopic (exact) mass is 227 g/mol. The molecule has 0 saturated heterocycles. The molecule has 0 spiro atoms. The van der Waals surface area contributed by atoms with Gasteiger partial charge < -0.3 is 10.4 Å². The van der Waals surface area contributed by atoms with E-state index in [1.54, 1.807) is 12.1 Å². The van der Waals surface area contributed by atoms with E-state index < -0.39 is 5.97 Å². The molecular formula is C11H14ClNO2. The molecule has 3 nitrogen and oxygen atoms in total. The van der Waals surface area contributed by atoms with Gasteiger partial charge in [0.1, 0.15) is 0 Å². The van der Waals surface area contributed by atoms with Crippen LogP contribution in [0.3, 0.4) is 0 Å². The quantitative estimate of drug-likeness (QED) is 0.831. The van der Waals surface area contributed by atoms with E-state index in [4.69, 9.17) is 16.7 Å². The van der Waals surface area contributed by atoms with Crippen molar-refractivity contribution in [2.75, 3.05) is 0 Å². The fourth-order valence-electron chi connectivity index (χ4n) is 1.17. The molecule has 4 heteroatoms. The Hall–Kier alpha value is -1.06. The summed E-state index contributed by atoms with van der Waals surface area (Å²) in [4.78, 5) is 10.8. The summed E-state index contributed by atoms with van der Waals surface area (Å²) in [6, 6.07) is 5.40. The van der Waals surface area contributed by atoms with Crippen LogP contribution in [0, 0.1) is 0 Å². The van der Waals surface area contributed by atoms with Crippen molar-refractivity contribution in [3.8, 4) is 0 Å². The largest absolute Gasteiger partial charge is 0.478 e. The molecule has 2 N–H and O–H groups in total. The summed E-state index contributed by atoms with van der Waals surface area (Å²) in [5, 5.41) is 12.3. The van der Waals surface area contributed by atoms with Gasteiger partial charge in [0.05, 0.1) is 10.6 Å². The summed E-state index contributed by atoms with van der Waals surface area (Å²) in [7, 11) is 0. The van der Waals surface area contributed by atoms with Gasteiger partial charge in [0.2, 0.25) is 0 Å². The number of nitrogens with one attached hydrogen (secondary N) is 1. The smallest absolute Gasteiger partial charge is 0.337 e. The molecule has 15 heavy (non-hydrogen) atoms. The lowest BCUT2D eigenvalue weighted by Gasteiger charge is -2.09. The van der Waals surface area contributed by atoms with Gasteiger partial charge in [-0.2, -0.15) is 0 Å². The molecule has 0 saturated carbocycles. The number of benzene rings is 1. The number of hydrogen-bond acceptors (Lipinski definition) is 2. The molecule has 0 bridgehead atoms.